The number of aromatic nitrogens is 3. The number of para-hydroxylation sites is 1. The van der Waals surface area contributed by atoms with E-state index in [0.717, 1.165) is 37.6 Å². The number of hydrogen-bond donors (Lipinski definition) is 1. The first kappa shape index (κ1) is 21.5. The van der Waals surface area contributed by atoms with E-state index in [9.17, 15) is 5.11 Å². The van der Waals surface area contributed by atoms with Gasteiger partial charge in [-0.1, -0.05) is 35.5 Å². The summed E-state index contributed by atoms with van der Waals surface area (Å²) in [6, 6.07) is 16.5. The lowest BCUT2D eigenvalue weighted by molar-refractivity contribution is 0.126. The molecule has 0 amide bonds. The molecule has 1 aromatic heterocycles. The number of rotatable bonds is 8. The predicted molar refractivity (Wildman–Crippen MR) is 121 cm³/mol. The van der Waals surface area contributed by atoms with Crippen molar-refractivity contribution in [2.45, 2.75) is 24.1 Å². The van der Waals surface area contributed by atoms with Crippen molar-refractivity contribution in [1.82, 2.24) is 14.8 Å². The van der Waals surface area contributed by atoms with Crippen molar-refractivity contribution in [3.8, 4) is 17.5 Å². The van der Waals surface area contributed by atoms with Crippen LogP contribution in [-0.2, 0) is 0 Å². The molecule has 0 saturated carbocycles. The molecule has 31 heavy (non-hydrogen) atoms. The molecule has 0 aliphatic carbocycles. The lowest BCUT2D eigenvalue weighted by atomic mass is 10.2. The Hall–Kier alpha value is -2.73. The van der Waals surface area contributed by atoms with Gasteiger partial charge in [-0.2, -0.15) is 5.26 Å². The summed E-state index contributed by atoms with van der Waals surface area (Å²) in [4.78, 5) is 2.21. The van der Waals surface area contributed by atoms with Crippen LogP contribution in [0.25, 0.3) is 5.69 Å². The SMILES string of the molecule is N#Cc1ccc(OCC(O)CSc2nnc(N3CCCC3)n2-c2ccccc2Cl)cc1. The molecule has 1 atom stereocenters. The highest BCUT2D eigenvalue weighted by Crippen LogP contribution is 2.32. The van der Waals surface area contributed by atoms with Gasteiger partial charge in [-0.05, 0) is 49.2 Å². The van der Waals surface area contributed by atoms with Crippen LogP contribution in [0.15, 0.2) is 53.7 Å². The minimum absolute atomic E-state index is 0.137. The molecule has 3 aromatic rings. The maximum atomic E-state index is 10.4. The van der Waals surface area contributed by atoms with Crippen LogP contribution in [0.3, 0.4) is 0 Å². The molecule has 1 aliphatic heterocycles. The molecule has 2 aromatic carbocycles. The summed E-state index contributed by atoms with van der Waals surface area (Å²) >= 11 is 7.89. The number of halogens is 1. The highest BCUT2D eigenvalue weighted by atomic mass is 35.5. The van der Waals surface area contributed by atoms with Crippen LogP contribution < -0.4 is 9.64 Å². The van der Waals surface area contributed by atoms with E-state index in [-0.39, 0.29) is 6.61 Å². The van der Waals surface area contributed by atoms with E-state index in [1.807, 2.05) is 28.8 Å². The summed E-state index contributed by atoms with van der Waals surface area (Å²) in [5.41, 5.74) is 1.39. The van der Waals surface area contributed by atoms with Crippen LogP contribution in [-0.4, -0.2) is 51.4 Å². The molecule has 9 heteroatoms. The molecule has 1 fully saturated rings. The van der Waals surface area contributed by atoms with Gasteiger partial charge in [0, 0.05) is 18.8 Å². The average molecular weight is 456 g/mol. The maximum absolute atomic E-state index is 10.4. The van der Waals surface area contributed by atoms with E-state index in [1.165, 1.54) is 11.8 Å². The summed E-state index contributed by atoms with van der Waals surface area (Å²) < 4.78 is 7.60. The normalized spacial score (nSPS) is 14.4. The van der Waals surface area contributed by atoms with Gasteiger partial charge in [0.2, 0.25) is 5.95 Å². The van der Waals surface area contributed by atoms with Crippen LogP contribution in [0.2, 0.25) is 5.02 Å². The minimum Gasteiger partial charge on any atom is -0.491 e. The van der Waals surface area contributed by atoms with Crippen molar-refractivity contribution in [1.29, 1.82) is 5.26 Å². The van der Waals surface area contributed by atoms with E-state index in [0.29, 0.717) is 27.2 Å². The third-order valence-electron chi connectivity index (χ3n) is 4.93. The average Bonchev–Trinajstić information content (AvgIpc) is 3.47. The number of nitriles is 1. The Balaban J connectivity index is 1.45. The number of nitrogens with zero attached hydrogens (tertiary/aromatic N) is 5. The molecule has 7 nitrogen and oxygen atoms in total. The van der Waals surface area contributed by atoms with Crippen molar-refractivity contribution in [2.75, 3.05) is 30.3 Å². The Kier molecular flexibility index (Phi) is 6.97. The summed E-state index contributed by atoms with van der Waals surface area (Å²) in [5, 5.41) is 29.4. The van der Waals surface area contributed by atoms with Gasteiger partial charge in [-0.25, -0.2) is 0 Å². The Morgan fingerprint density at radius 1 is 1.13 bits per heavy atom. The highest BCUT2D eigenvalue weighted by Gasteiger charge is 2.24. The van der Waals surface area contributed by atoms with Crippen molar-refractivity contribution in [2.24, 2.45) is 0 Å². The van der Waals surface area contributed by atoms with Crippen LogP contribution in [0.5, 0.6) is 5.75 Å². The first-order valence-corrected chi connectivity index (χ1v) is 11.4. The summed E-state index contributed by atoms with van der Waals surface area (Å²) in [6.45, 7) is 2.01. The molecule has 1 aliphatic rings. The Morgan fingerprint density at radius 3 is 2.58 bits per heavy atom. The monoisotopic (exact) mass is 455 g/mol. The fraction of sp³-hybridized carbons (Fsp3) is 0.318. The molecule has 0 bridgehead atoms. The van der Waals surface area contributed by atoms with Crippen LogP contribution in [0.4, 0.5) is 5.95 Å². The Labute approximate surface area is 190 Å². The van der Waals surface area contributed by atoms with Crippen LogP contribution in [0.1, 0.15) is 18.4 Å². The van der Waals surface area contributed by atoms with Crippen molar-refractivity contribution in [3.63, 3.8) is 0 Å². The number of benzene rings is 2. The molecule has 0 spiro atoms. The Bertz CT molecular complexity index is 1060. The maximum Gasteiger partial charge on any atom is 0.232 e. The van der Waals surface area contributed by atoms with Gasteiger partial charge < -0.3 is 14.7 Å². The van der Waals surface area contributed by atoms with Crippen molar-refractivity contribution >= 4 is 29.3 Å². The molecule has 160 valence electrons. The molecular weight excluding hydrogens is 434 g/mol. The van der Waals surface area contributed by atoms with Gasteiger partial charge in [0.05, 0.1) is 28.4 Å². The lowest BCUT2D eigenvalue weighted by Crippen LogP contribution is -2.22. The van der Waals surface area contributed by atoms with E-state index in [1.54, 1.807) is 24.3 Å². The van der Waals surface area contributed by atoms with E-state index >= 15 is 0 Å². The van der Waals surface area contributed by atoms with Gasteiger partial charge in [0.25, 0.3) is 0 Å². The van der Waals surface area contributed by atoms with E-state index < -0.39 is 6.10 Å². The highest BCUT2D eigenvalue weighted by molar-refractivity contribution is 7.99. The zero-order chi connectivity index (χ0) is 21.6. The number of aliphatic hydroxyl groups is 1. The molecular formula is C22H22ClN5O2S. The second kappa shape index (κ2) is 10.1. The third kappa shape index (κ3) is 5.13. The standard InChI is InChI=1S/C22H22ClN5O2S/c23-19-5-1-2-6-20(19)28-21(27-11-3-4-12-27)25-26-22(28)31-15-17(29)14-30-18-9-7-16(13-24)8-10-18/h1-2,5-10,17,29H,3-4,11-12,14-15H2. The zero-order valence-corrected chi connectivity index (χ0v) is 18.4. The van der Waals surface area contributed by atoms with Crippen molar-refractivity contribution < 1.29 is 9.84 Å². The number of hydrogen-bond acceptors (Lipinski definition) is 7. The summed E-state index contributed by atoms with van der Waals surface area (Å²) in [5.74, 6) is 1.77. The second-order valence-electron chi connectivity index (χ2n) is 7.18. The third-order valence-corrected chi connectivity index (χ3v) is 6.32. The topological polar surface area (TPSA) is 87.2 Å². The van der Waals surface area contributed by atoms with Gasteiger partial charge in [0.15, 0.2) is 5.16 Å². The number of aliphatic hydroxyl groups excluding tert-OH is 1. The molecule has 2 heterocycles. The van der Waals surface area contributed by atoms with Crippen LogP contribution >= 0.6 is 23.4 Å². The number of thioether (sulfide) groups is 1. The Morgan fingerprint density at radius 2 is 1.87 bits per heavy atom. The van der Waals surface area contributed by atoms with Gasteiger partial charge in [0.1, 0.15) is 12.4 Å². The quantitative estimate of drug-likeness (QED) is 0.515. The van der Waals surface area contributed by atoms with Gasteiger partial charge >= 0.3 is 0 Å². The fourth-order valence-electron chi connectivity index (χ4n) is 3.36. The molecule has 1 saturated heterocycles. The van der Waals surface area contributed by atoms with E-state index in [4.69, 9.17) is 21.6 Å². The summed E-state index contributed by atoms with van der Waals surface area (Å²) in [6.07, 6.45) is 1.55. The number of ether oxygens (including phenoxy) is 1. The van der Waals surface area contributed by atoms with Gasteiger partial charge in [-0.3, -0.25) is 4.57 Å². The fourth-order valence-corrected chi connectivity index (χ4v) is 4.42. The zero-order valence-electron chi connectivity index (χ0n) is 16.8. The molecule has 1 unspecified atom stereocenters. The molecule has 0 radical (unpaired) electrons. The predicted octanol–water partition coefficient (Wildman–Crippen LogP) is 3.92. The molecule has 1 N–H and O–H groups in total. The first-order valence-electron chi connectivity index (χ1n) is 10.0. The minimum atomic E-state index is -0.702. The number of anilines is 1. The molecule has 4 rings (SSSR count). The summed E-state index contributed by atoms with van der Waals surface area (Å²) in [7, 11) is 0. The smallest absolute Gasteiger partial charge is 0.232 e. The van der Waals surface area contributed by atoms with Crippen molar-refractivity contribution in [3.05, 3.63) is 59.1 Å². The van der Waals surface area contributed by atoms with Gasteiger partial charge in [-0.15, -0.1) is 10.2 Å². The van der Waals surface area contributed by atoms with E-state index in [2.05, 4.69) is 21.2 Å². The first-order chi connectivity index (χ1) is 15.2. The lowest BCUT2D eigenvalue weighted by Gasteiger charge is -2.19. The van der Waals surface area contributed by atoms with Crippen LogP contribution in [0, 0.1) is 11.3 Å². The largest absolute Gasteiger partial charge is 0.491 e. The second-order valence-corrected chi connectivity index (χ2v) is 8.57.